The van der Waals surface area contributed by atoms with Crippen LogP contribution in [0, 0.1) is 0 Å². The maximum Gasteiger partial charge on any atom is 0.244 e. The molecule has 0 aliphatic heterocycles. The van der Waals surface area contributed by atoms with Gasteiger partial charge in [-0.25, -0.2) is 5.43 Å². The van der Waals surface area contributed by atoms with Gasteiger partial charge in [0, 0.05) is 22.7 Å². The van der Waals surface area contributed by atoms with E-state index < -0.39 is 0 Å². The molecule has 0 saturated carbocycles. The van der Waals surface area contributed by atoms with Crippen LogP contribution in [0.3, 0.4) is 0 Å². The highest BCUT2D eigenvalue weighted by atomic mass is 16.5. The van der Waals surface area contributed by atoms with Crippen LogP contribution in [0.2, 0.25) is 0 Å². The van der Waals surface area contributed by atoms with Gasteiger partial charge in [-0.05, 0) is 30.7 Å². The van der Waals surface area contributed by atoms with Crippen molar-refractivity contribution in [3.63, 3.8) is 0 Å². The lowest BCUT2D eigenvalue weighted by molar-refractivity contribution is -0.120. The number of H-pyrrole nitrogens is 1. The fourth-order valence-electron chi connectivity index (χ4n) is 2.47. The van der Waals surface area contributed by atoms with Gasteiger partial charge in [0.05, 0.1) is 19.2 Å². The van der Waals surface area contributed by atoms with Gasteiger partial charge < -0.3 is 9.72 Å². The molecule has 0 bridgehead atoms. The summed E-state index contributed by atoms with van der Waals surface area (Å²) in [5.74, 6) is 0.647. The number of carbonyl (C=O) groups excluding carboxylic acids is 1. The van der Waals surface area contributed by atoms with Gasteiger partial charge >= 0.3 is 0 Å². The first kappa shape index (κ1) is 15.8. The number of hydrazone groups is 1. The van der Waals surface area contributed by atoms with Crippen molar-refractivity contribution in [2.75, 3.05) is 6.61 Å². The number of para-hydroxylation sites is 1. The average molecular weight is 321 g/mol. The molecule has 5 nitrogen and oxygen atoms in total. The molecule has 0 radical (unpaired) electrons. The molecule has 0 aliphatic rings. The van der Waals surface area contributed by atoms with E-state index in [-0.39, 0.29) is 12.3 Å². The topological polar surface area (TPSA) is 66.5 Å². The molecule has 0 saturated heterocycles. The summed E-state index contributed by atoms with van der Waals surface area (Å²) in [7, 11) is 0. The third-order valence-corrected chi connectivity index (χ3v) is 3.61. The van der Waals surface area contributed by atoms with Crippen LogP contribution >= 0.6 is 0 Å². The van der Waals surface area contributed by atoms with Crippen LogP contribution in [0.15, 0.2) is 59.8 Å². The Hall–Kier alpha value is -3.08. The Labute approximate surface area is 140 Å². The lowest BCUT2D eigenvalue weighted by Crippen LogP contribution is -2.19. The second kappa shape index (κ2) is 7.46. The van der Waals surface area contributed by atoms with Crippen molar-refractivity contribution in [2.24, 2.45) is 5.10 Å². The highest BCUT2D eigenvalue weighted by Gasteiger charge is 2.03. The summed E-state index contributed by atoms with van der Waals surface area (Å²) >= 11 is 0. The number of carbonyl (C=O) groups is 1. The molecule has 2 aromatic carbocycles. The number of fused-ring (bicyclic) bond motifs is 1. The Bertz CT molecular complexity index is 850. The van der Waals surface area contributed by atoms with E-state index in [2.05, 4.69) is 15.5 Å². The van der Waals surface area contributed by atoms with Gasteiger partial charge in [0.1, 0.15) is 5.75 Å². The van der Waals surface area contributed by atoms with Crippen molar-refractivity contribution in [1.82, 2.24) is 10.4 Å². The van der Waals surface area contributed by atoms with E-state index in [9.17, 15) is 4.79 Å². The number of rotatable bonds is 6. The molecule has 0 atom stereocenters. The molecule has 0 aliphatic carbocycles. The second-order valence-electron chi connectivity index (χ2n) is 5.34. The zero-order valence-corrected chi connectivity index (χ0v) is 13.5. The van der Waals surface area contributed by atoms with E-state index in [1.165, 1.54) is 0 Å². The van der Waals surface area contributed by atoms with E-state index in [0.717, 1.165) is 27.8 Å². The Morgan fingerprint density at radius 2 is 2.00 bits per heavy atom. The minimum atomic E-state index is -0.157. The number of aromatic amines is 1. The first-order valence-corrected chi connectivity index (χ1v) is 7.86. The van der Waals surface area contributed by atoms with Crippen LogP contribution in [0.1, 0.15) is 18.1 Å². The third-order valence-electron chi connectivity index (χ3n) is 3.61. The predicted octanol–water partition coefficient (Wildman–Crippen LogP) is 3.26. The normalized spacial score (nSPS) is 11.0. The monoisotopic (exact) mass is 321 g/mol. The Kier molecular flexibility index (Phi) is 4.91. The van der Waals surface area contributed by atoms with E-state index in [1.807, 2.05) is 61.7 Å². The molecule has 5 heteroatoms. The van der Waals surface area contributed by atoms with Crippen LogP contribution in [0.4, 0.5) is 0 Å². The van der Waals surface area contributed by atoms with E-state index in [0.29, 0.717) is 6.61 Å². The van der Waals surface area contributed by atoms with Gasteiger partial charge in [-0.1, -0.05) is 30.3 Å². The zero-order valence-electron chi connectivity index (χ0n) is 13.5. The van der Waals surface area contributed by atoms with Crippen LogP contribution in [0.25, 0.3) is 10.9 Å². The predicted molar refractivity (Wildman–Crippen MR) is 95.4 cm³/mol. The fourth-order valence-corrected chi connectivity index (χ4v) is 2.47. The quantitative estimate of drug-likeness (QED) is 0.540. The molecule has 3 aromatic rings. The number of nitrogens with one attached hydrogen (secondary N) is 2. The highest BCUT2D eigenvalue weighted by molar-refractivity contribution is 5.99. The summed E-state index contributed by atoms with van der Waals surface area (Å²) in [6, 6.07) is 15.4. The van der Waals surface area contributed by atoms with Gasteiger partial charge in [0.25, 0.3) is 0 Å². The van der Waals surface area contributed by atoms with E-state index in [4.69, 9.17) is 4.74 Å². The molecule has 0 spiro atoms. The molecular weight excluding hydrogens is 302 g/mol. The van der Waals surface area contributed by atoms with Crippen molar-refractivity contribution in [2.45, 2.75) is 13.3 Å². The maximum absolute atomic E-state index is 12.0. The van der Waals surface area contributed by atoms with Crippen molar-refractivity contribution >= 4 is 23.0 Å². The molecule has 1 amide bonds. The molecule has 3 rings (SSSR count). The lowest BCUT2D eigenvalue weighted by atomic mass is 10.1. The van der Waals surface area contributed by atoms with Crippen molar-refractivity contribution < 1.29 is 9.53 Å². The summed E-state index contributed by atoms with van der Waals surface area (Å²) in [6.07, 6.45) is 3.79. The van der Waals surface area contributed by atoms with Crippen molar-refractivity contribution in [3.05, 3.63) is 65.9 Å². The highest BCUT2D eigenvalue weighted by Crippen LogP contribution is 2.15. The first-order chi connectivity index (χ1) is 11.8. The Balaban J connectivity index is 1.57. The average Bonchev–Trinajstić information content (AvgIpc) is 3.00. The standard InChI is InChI=1S/C19H19N3O2/c1-2-24-16-9-7-14(8-10-16)11-19(23)22-21-13-15-12-20-18-6-4-3-5-17(15)18/h3-10,12-13,20H,2,11H2,1H3,(H,22,23)/b21-13-. The van der Waals surface area contributed by atoms with Crippen LogP contribution < -0.4 is 10.2 Å². The summed E-state index contributed by atoms with van der Waals surface area (Å²) < 4.78 is 5.38. The van der Waals surface area contributed by atoms with Gasteiger partial charge in [-0.2, -0.15) is 5.10 Å². The zero-order chi connectivity index (χ0) is 16.8. The smallest absolute Gasteiger partial charge is 0.244 e. The Morgan fingerprint density at radius 3 is 2.79 bits per heavy atom. The number of aromatic nitrogens is 1. The molecule has 2 N–H and O–H groups in total. The second-order valence-corrected chi connectivity index (χ2v) is 5.34. The molecule has 122 valence electrons. The number of amides is 1. The van der Waals surface area contributed by atoms with Gasteiger partial charge in [-0.3, -0.25) is 4.79 Å². The molecule has 1 heterocycles. The number of ether oxygens (including phenoxy) is 1. The molecule has 24 heavy (non-hydrogen) atoms. The number of nitrogens with zero attached hydrogens (tertiary/aromatic N) is 1. The van der Waals surface area contributed by atoms with Crippen molar-refractivity contribution in [1.29, 1.82) is 0 Å². The van der Waals surface area contributed by atoms with Crippen LogP contribution in [-0.4, -0.2) is 23.7 Å². The molecule has 0 unspecified atom stereocenters. The minimum absolute atomic E-state index is 0.157. The summed E-state index contributed by atoms with van der Waals surface area (Å²) in [5, 5.41) is 5.11. The summed E-state index contributed by atoms with van der Waals surface area (Å²) in [6.45, 7) is 2.56. The summed E-state index contributed by atoms with van der Waals surface area (Å²) in [5.41, 5.74) is 5.45. The lowest BCUT2D eigenvalue weighted by Gasteiger charge is -2.04. The van der Waals surface area contributed by atoms with E-state index in [1.54, 1.807) is 6.21 Å². The largest absolute Gasteiger partial charge is 0.494 e. The Morgan fingerprint density at radius 1 is 1.21 bits per heavy atom. The molecule has 1 aromatic heterocycles. The van der Waals surface area contributed by atoms with Gasteiger partial charge in [-0.15, -0.1) is 0 Å². The third kappa shape index (κ3) is 3.81. The van der Waals surface area contributed by atoms with Crippen LogP contribution in [-0.2, 0) is 11.2 Å². The number of benzene rings is 2. The van der Waals surface area contributed by atoms with Gasteiger partial charge in [0.15, 0.2) is 0 Å². The molecular formula is C19H19N3O2. The summed E-state index contributed by atoms with van der Waals surface area (Å²) in [4.78, 5) is 15.1. The minimum Gasteiger partial charge on any atom is -0.494 e. The van der Waals surface area contributed by atoms with Gasteiger partial charge in [0.2, 0.25) is 5.91 Å². The first-order valence-electron chi connectivity index (χ1n) is 7.86. The maximum atomic E-state index is 12.0. The number of hydrogen-bond acceptors (Lipinski definition) is 3. The number of hydrogen-bond donors (Lipinski definition) is 2. The van der Waals surface area contributed by atoms with Crippen molar-refractivity contribution in [3.8, 4) is 5.75 Å². The van der Waals surface area contributed by atoms with E-state index >= 15 is 0 Å². The molecule has 0 fully saturated rings. The SMILES string of the molecule is CCOc1ccc(CC(=O)N/N=C\c2c[nH]c3ccccc23)cc1. The van der Waals surface area contributed by atoms with Crippen LogP contribution in [0.5, 0.6) is 5.75 Å². The fraction of sp³-hybridized carbons (Fsp3) is 0.158.